The topological polar surface area (TPSA) is 34.1 Å². The standard InChI is InChI=1S/C30H61NO2P/c1-6-8-9-10-11-12-13-14-15-16-17-18-19-20-21-22-23-24-25-26-27-29-30(28-7-2,34(32)33)31(3,4)5/h18-19H,6-17,20-29H2,1-5H3/q+1. The second kappa shape index (κ2) is 21.8. The molecule has 34 heavy (non-hydrogen) atoms. The average molecular weight is 499 g/mol. The molecule has 0 bridgehead atoms. The third kappa shape index (κ3) is 16.3. The summed E-state index contributed by atoms with van der Waals surface area (Å²) in [4.78, 5) is 0. The van der Waals surface area contributed by atoms with Crippen molar-refractivity contribution in [3.63, 3.8) is 0 Å². The molecule has 0 spiro atoms. The highest BCUT2D eigenvalue weighted by Crippen LogP contribution is 2.44. The Morgan fingerprint density at radius 2 is 0.912 bits per heavy atom. The fraction of sp³-hybridized carbons (Fsp3) is 0.933. The summed E-state index contributed by atoms with van der Waals surface area (Å²) in [7, 11) is 3.68. The van der Waals surface area contributed by atoms with E-state index in [1.54, 1.807) is 0 Å². The van der Waals surface area contributed by atoms with Gasteiger partial charge >= 0.3 is 7.68 Å². The van der Waals surface area contributed by atoms with E-state index in [2.05, 4.69) is 26.0 Å². The fourth-order valence-electron chi connectivity index (χ4n) is 5.16. The maximum absolute atomic E-state index is 12.1. The predicted molar refractivity (Wildman–Crippen MR) is 151 cm³/mol. The van der Waals surface area contributed by atoms with Crippen molar-refractivity contribution in [2.75, 3.05) is 21.1 Å². The third-order valence-electron chi connectivity index (χ3n) is 7.58. The first-order valence-electron chi connectivity index (χ1n) is 14.9. The summed E-state index contributed by atoms with van der Waals surface area (Å²) in [6.07, 6.45) is 32.6. The molecule has 0 aliphatic heterocycles. The van der Waals surface area contributed by atoms with Crippen LogP contribution < -0.4 is 0 Å². The van der Waals surface area contributed by atoms with Crippen LogP contribution in [0.1, 0.15) is 155 Å². The van der Waals surface area contributed by atoms with Gasteiger partial charge in [0.1, 0.15) is 0 Å². The van der Waals surface area contributed by atoms with E-state index in [0.717, 1.165) is 32.1 Å². The number of hydrogen-bond acceptors (Lipinski definition) is 2. The summed E-state index contributed by atoms with van der Waals surface area (Å²) < 4.78 is 24.7. The van der Waals surface area contributed by atoms with Gasteiger partial charge in [0.05, 0.1) is 21.1 Å². The average Bonchev–Trinajstić information content (AvgIpc) is 2.78. The predicted octanol–water partition coefficient (Wildman–Crippen LogP) is 10.7. The molecule has 0 aromatic heterocycles. The molecule has 4 heteroatoms. The lowest BCUT2D eigenvalue weighted by Gasteiger charge is -2.41. The molecular weight excluding hydrogens is 437 g/mol. The van der Waals surface area contributed by atoms with E-state index < -0.39 is 13.0 Å². The van der Waals surface area contributed by atoms with E-state index in [4.69, 9.17) is 0 Å². The normalized spacial score (nSPS) is 14.0. The summed E-state index contributed by atoms with van der Waals surface area (Å²) in [5, 5.41) is -0.593. The van der Waals surface area contributed by atoms with Gasteiger partial charge in [-0.1, -0.05) is 116 Å². The van der Waals surface area contributed by atoms with Crippen LogP contribution in [0.25, 0.3) is 0 Å². The van der Waals surface area contributed by atoms with Crippen molar-refractivity contribution in [2.24, 2.45) is 0 Å². The molecule has 0 radical (unpaired) electrons. The molecule has 0 heterocycles. The minimum Gasteiger partial charge on any atom is -0.314 e. The Balaban J connectivity index is 3.59. The van der Waals surface area contributed by atoms with Crippen LogP contribution in [0.5, 0.6) is 0 Å². The van der Waals surface area contributed by atoms with Crippen LogP contribution in [-0.4, -0.2) is 30.9 Å². The summed E-state index contributed by atoms with van der Waals surface area (Å²) in [6, 6.07) is 0. The van der Waals surface area contributed by atoms with Crippen molar-refractivity contribution in [1.82, 2.24) is 0 Å². The zero-order chi connectivity index (χ0) is 25.5. The van der Waals surface area contributed by atoms with Crippen LogP contribution in [0, 0.1) is 0 Å². The lowest BCUT2D eigenvalue weighted by atomic mass is 9.99. The molecule has 1 unspecified atom stereocenters. The van der Waals surface area contributed by atoms with Crippen molar-refractivity contribution in [3.8, 4) is 0 Å². The highest BCUT2D eigenvalue weighted by atomic mass is 31.1. The van der Waals surface area contributed by atoms with E-state index in [-0.39, 0.29) is 0 Å². The Hall–Kier alpha value is -0.400. The van der Waals surface area contributed by atoms with Gasteiger partial charge in [-0.05, 0) is 38.5 Å². The lowest BCUT2D eigenvalue weighted by Crippen LogP contribution is -2.53. The van der Waals surface area contributed by atoms with Crippen molar-refractivity contribution >= 4 is 7.68 Å². The zero-order valence-electron chi connectivity index (χ0n) is 23.9. The van der Waals surface area contributed by atoms with Gasteiger partial charge in [-0.15, -0.1) is 0 Å². The molecule has 202 valence electrons. The first-order valence-corrected chi connectivity index (χ1v) is 16.1. The van der Waals surface area contributed by atoms with Crippen molar-refractivity contribution in [2.45, 2.75) is 160 Å². The number of rotatable bonds is 25. The maximum Gasteiger partial charge on any atom is 0.378 e. The Kier molecular flexibility index (Phi) is 21.6. The van der Waals surface area contributed by atoms with E-state index in [0.29, 0.717) is 4.48 Å². The molecule has 1 atom stereocenters. The second-order valence-corrected chi connectivity index (χ2v) is 12.8. The summed E-state index contributed by atoms with van der Waals surface area (Å²) in [5.41, 5.74) is 0. The molecule has 0 aliphatic rings. The van der Waals surface area contributed by atoms with E-state index in [1.165, 1.54) is 109 Å². The summed E-state index contributed by atoms with van der Waals surface area (Å²) in [5.74, 6) is 0. The van der Waals surface area contributed by atoms with Crippen LogP contribution in [-0.2, 0) is 9.13 Å². The molecule has 0 fully saturated rings. The molecule has 0 N–H and O–H groups in total. The Morgan fingerprint density at radius 3 is 1.26 bits per heavy atom. The van der Waals surface area contributed by atoms with Gasteiger partial charge in [-0.2, -0.15) is 0 Å². The van der Waals surface area contributed by atoms with Crippen LogP contribution in [0.4, 0.5) is 0 Å². The van der Waals surface area contributed by atoms with Gasteiger partial charge < -0.3 is 4.48 Å². The van der Waals surface area contributed by atoms with Gasteiger partial charge in [-0.3, -0.25) is 0 Å². The monoisotopic (exact) mass is 498 g/mol. The molecular formula is C30H61NO2P+. The fourth-order valence-corrected chi connectivity index (χ4v) is 6.40. The number of hydrogen-bond donors (Lipinski definition) is 0. The molecule has 0 saturated heterocycles. The Labute approximate surface area is 215 Å². The van der Waals surface area contributed by atoms with E-state index >= 15 is 0 Å². The SMILES string of the molecule is CCCCCCCCCCCCC=CCCCCCCCCCC(CCC)(P(=O)=O)[N+](C)(C)C. The first-order chi connectivity index (χ1) is 16.3. The summed E-state index contributed by atoms with van der Waals surface area (Å²) >= 11 is 0. The third-order valence-corrected chi connectivity index (χ3v) is 9.30. The van der Waals surface area contributed by atoms with Crippen molar-refractivity contribution < 1.29 is 13.6 Å². The largest absolute Gasteiger partial charge is 0.378 e. The van der Waals surface area contributed by atoms with Crippen molar-refractivity contribution in [3.05, 3.63) is 12.2 Å². The molecule has 0 rings (SSSR count). The molecule has 0 amide bonds. The van der Waals surface area contributed by atoms with Crippen LogP contribution in [0.15, 0.2) is 12.2 Å². The van der Waals surface area contributed by atoms with E-state index in [1.807, 2.05) is 21.1 Å². The van der Waals surface area contributed by atoms with Crippen LogP contribution in [0.3, 0.4) is 0 Å². The van der Waals surface area contributed by atoms with E-state index in [9.17, 15) is 9.13 Å². The number of allylic oxidation sites excluding steroid dienone is 2. The first kappa shape index (κ1) is 33.6. The van der Waals surface area contributed by atoms with Crippen LogP contribution >= 0.6 is 7.68 Å². The number of quaternary nitrogens is 1. The van der Waals surface area contributed by atoms with Crippen molar-refractivity contribution in [1.29, 1.82) is 0 Å². The van der Waals surface area contributed by atoms with Gasteiger partial charge in [0, 0.05) is 12.8 Å². The molecule has 0 aromatic rings. The number of unbranched alkanes of at least 4 members (excludes halogenated alkanes) is 17. The highest BCUT2D eigenvalue weighted by Gasteiger charge is 2.47. The Bertz CT molecular complexity index is 542. The molecule has 0 aliphatic carbocycles. The van der Waals surface area contributed by atoms with Gasteiger partial charge in [0.2, 0.25) is 5.28 Å². The zero-order valence-corrected chi connectivity index (χ0v) is 24.8. The number of nitrogens with zero attached hydrogens (tertiary/aromatic N) is 1. The summed E-state index contributed by atoms with van der Waals surface area (Å²) in [6.45, 7) is 4.38. The minimum atomic E-state index is -2.42. The lowest BCUT2D eigenvalue weighted by molar-refractivity contribution is -0.908. The smallest absolute Gasteiger partial charge is 0.314 e. The molecule has 0 aromatic carbocycles. The second-order valence-electron chi connectivity index (χ2n) is 11.5. The van der Waals surface area contributed by atoms with Gasteiger partial charge in [-0.25, -0.2) is 9.13 Å². The van der Waals surface area contributed by atoms with Gasteiger partial charge in [0.15, 0.2) is 0 Å². The molecule has 3 nitrogen and oxygen atoms in total. The quantitative estimate of drug-likeness (QED) is 0.0543. The maximum atomic E-state index is 12.1. The molecule has 0 saturated carbocycles. The van der Waals surface area contributed by atoms with Gasteiger partial charge in [0.25, 0.3) is 0 Å². The van der Waals surface area contributed by atoms with Crippen LogP contribution in [0.2, 0.25) is 0 Å². The minimum absolute atomic E-state index is 0.520. The Morgan fingerprint density at radius 1 is 0.529 bits per heavy atom. The highest BCUT2D eigenvalue weighted by molar-refractivity contribution is 7.32.